The molecule has 4 N–H and O–H groups in total. The van der Waals surface area contributed by atoms with Crippen molar-refractivity contribution in [3.8, 4) is 5.75 Å². The molecule has 0 aliphatic rings. The van der Waals surface area contributed by atoms with Gasteiger partial charge in [-0.1, -0.05) is 0 Å². The monoisotopic (exact) mass is 259 g/mol. The molecule has 0 bridgehead atoms. The first-order valence-electron chi connectivity index (χ1n) is 5.54. The Labute approximate surface area is 109 Å². The summed E-state index contributed by atoms with van der Waals surface area (Å²) in [7, 11) is 1.52. The van der Waals surface area contributed by atoms with Crippen molar-refractivity contribution in [2.45, 2.75) is 0 Å². The van der Waals surface area contributed by atoms with Crippen molar-refractivity contribution in [2.24, 2.45) is 0 Å². The van der Waals surface area contributed by atoms with Gasteiger partial charge in [0.25, 0.3) is 5.91 Å². The van der Waals surface area contributed by atoms with E-state index in [0.29, 0.717) is 17.1 Å². The fraction of sp³-hybridized carbons (Fsp3) is 0.0769. The predicted molar refractivity (Wildman–Crippen MR) is 72.4 cm³/mol. The number of nitrogens with one attached hydrogen (secondary N) is 2. The van der Waals surface area contributed by atoms with Crippen LogP contribution < -0.4 is 21.2 Å². The first-order chi connectivity index (χ1) is 9.11. The number of aromatic amines is 1. The first-order valence-corrected chi connectivity index (χ1v) is 5.54. The van der Waals surface area contributed by atoms with Gasteiger partial charge in [-0.25, -0.2) is 0 Å². The minimum atomic E-state index is -0.515. The number of benzene rings is 1. The Morgan fingerprint density at radius 2 is 2.16 bits per heavy atom. The molecule has 0 aliphatic heterocycles. The minimum absolute atomic E-state index is 0.0257. The average molecular weight is 259 g/mol. The Bertz CT molecular complexity index is 664. The van der Waals surface area contributed by atoms with E-state index < -0.39 is 5.91 Å². The van der Waals surface area contributed by atoms with E-state index in [9.17, 15) is 9.59 Å². The Hall–Kier alpha value is -2.76. The van der Waals surface area contributed by atoms with Crippen molar-refractivity contribution in [3.05, 3.63) is 52.4 Å². The van der Waals surface area contributed by atoms with E-state index in [1.807, 2.05) is 0 Å². The zero-order valence-corrected chi connectivity index (χ0v) is 10.3. The number of hydrogen-bond acceptors (Lipinski definition) is 4. The number of H-pyrrole nitrogens is 1. The number of pyridine rings is 1. The van der Waals surface area contributed by atoms with Crippen LogP contribution in [0.4, 0.5) is 11.4 Å². The van der Waals surface area contributed by atoms with Crippen molar-refractivity contribution in [2.75, 3.05) is 18.2 Å². The molecule has 0 atom stereocenters. The minimum Gasteiger partial charge on any atom is -0.497 e. The molecule has 1 amide bonds. The lowest BCUT2D eigenvalue weighted by atomic mass is 10.2. The second-order valence-electron chi connectivity index (χ2n) is 3.83. The van der Waals surface area contributed by atoms with Crippen LogP contribution in [0.25, 0.3) is 0 Å². The molecule has 2 rings (SSSR count). The fourth-order valence-electron chi connectivity index (χ4n) is 1.56. The van der Waals surface area contributed by atoms with Gasteiger partial charge in [-0.2, -0.15) is 0 Å². The van der Waals surface area contributed by atoms with Crippen LogP contribution in [0.2, 0.25) is 0 Å². The van der Waals surface area contributed by atoms with Gasteiger partial charge in [-0.05, 0) is 12.1 Å². The zero-order chi connectivity index (χ0) is 13.8. The second-order valence-corrected chi connectivity index (χ2v) is 3.83. The van der Waals surface area contributed by atoms with Crippen molar-refractivity contribution in [1.29, 1.82) is 0 Å². The summed E-state index contributed by atoms with van der Waals surface area (Å²) in [5.74, 6) is 0.0757. The van der Waals surface area contributed by atoms with Gasteiger partial charge >= 0.3 is 0 Å². The van der Waals surface area contributed by atoms with Crippen molar-refractivity contribution < 1.29 is 9.53 Å². The zero-order valence-electron chi connectivity index (χ0n) is 10.3. The maximum absolute atomic E-state index is 11.9. The lowest BCUT2D eigenvalue weighted by Crippen LogP contribution is -2.21. The van der Waals surface area contributed by atoms with Gasteiger partial charge in [-0.15, -0.1) is 0 Å². The van der Waals surface area contributed by atoms with E-state index in [2.05, 4.69) is 10.3 Å². The van der Waals surface area contributed by atoms with Gasteiger partial charge in [-0.3, -0.25) is 9.59 Å². The number of amides is 1. The summed E-state index contributed by atoms with van der Waals surface area (Å²) in [6.07, 6.45) is 2.80. The smallest absolute Gasteiger partial charge is 0.261 e. The van der Waals surface area contributed by atoms with Crippen LogP contribution in [0, 0.1) is 0 Å². The summed E-state index contributed by atoms with van der Waals surface area (Å²) in [6, 6.07) is 6.15. The summed E-state index contributed by atoms with van der Waals surface area (Å²) in [4.78, 5) is 26.1. The summed E-state index contributed by atoms with van der Waals surface area (Å²) >= 11 is 0. The maximum Gasteiger partial charge on any atom is 0.261 e. The molecular formula is C13H13N3O3. The van der Waals surface area contributed by atoms with Gasteiger partial charge in [0.15, 0.2) is 5.43 Å². The SMILES string of the molecule is COc1ccc(NC(=O)c2c[nH]ccc2=O)c(N)c1. The molecule has 0 saturated heterocycles. The summed E-state index contributed by atoms with van der Waals surface area (Å²) < 4.78 is 5.01. The molecule has 1 aromatic heterocycles. The number of anilines is 2. The fourth-order valence-corrected chi connectivity index (χ4v) is 1.56. The topological polar surface area (TPSA) is 97.2 Å². The van der Waals surface area contributed by atoms with Crippen molar-refractivity contribution in [1.82, 2.24) is 4.98 Å². The quantitative estimate of drug-likeness (QED) is 0.722. The van der Waals surface area contributed by atoms with Crippen molar-refractivity contribution in [3.63, 3.8) is 0 Å². The van der Waals surface area contributed by atoms with Gasteiger partial charge < -0.3 is 20.8 Å². The van der Waals surface area contributed by atoms with Gasteiger partial charge in [0.2, 0.25) is 0 Å². The lowest BCUT2D eigenvalue weighted by Gasteiger charge is -2.09. The number of rotatable bonds is 3. The Kier molecular flexibility index (Phi) is 3.51. The summed E-state index contributed by atoms with van der Waals surface area (Å²) in [5.41, 5.74) is 6.23. The van der Waals surface area contributed by atoms with Gasteiger partial charge in [0, 0.05) is 24.5 Å². The Morgan fingerprint density at radius 1 is 1.37 bits per heavy atom. The second kappa shape index (κ2) is 5.26. The molecule has 0 aliphatic carbocycles. The number of ether oxygens (including phenoxy) is 1. The summed E-state index contributed by atoms with van der Waals surface area (Å²) in [6.45, 7) is 0. The molecule has 0 spiro atoms. The molecule has 2 aromatic rings. The summed E-state index contributed by atoms with van der Waals surface area (Å²) in [5, 5.41) is 2.58. The third-order valence-corrected chi connectivity index (χ3v) is 2.58. The van der Waals surface area contributed by atoms with E-state index in [-0.39, 0.29) is 11.0 Å². The number of methoxy groups -OCH3 is 1. The Balaban J connectivity index is 2.25. The largest absolute Gasteiger partial charge is 0.497 e. The number of carbonyl (C=O) groups is 1. The number of hydrogen-bond donors (Lipinski definition) is 3. The van der Waals surface area contributed by atoms with Gasteiger partial charge in [0.1, 0.15) is 11.3 Å². The van der Waals surface area contributed by atoms with Crippen LogP contribution in [0.5, 0.6) is 5.75 Å². The van der Waals surface area contributed by atoms with Crippen LogP contribution in [-0.4, -0.2) is 18.0 Å². The standard InChI is InChI=1S/C13H13N3O3/c1-19-8-2-3-11(10(14)6-8)16-13(18)9-7-15-5-4-12(9)17/h2-7H,14H2,1H3,(H,15,17)(H,16,18). The molecule has 6 heteroatoms. The molecule has 19 heavy (non-hydrogen) atoms. The van der Waals surface area contributed by atoms with Crippen LogP contribution in [-0.2, 0) is 0 Å². The van der Waals surface area contributed by atoms with E-state index in [4.69, 9.17) is 10.5 Å². The normalized spacial score (nSPS) is 9.95. The molecular weight excluding hydrogens is 246 g/mol. The van der Waals surface area contributed by atoms with Crippen LogP contribution >= 0.6 is 0 Å². The molecule has 0 saturated carbocycles. The highest BCUT2D eigenvalue weighted by molar-refractivity contribution is 6.05. The average Bonchev–Trinajstić information content (AvgIpc) is 2.41. The number of carbonyl (C=O) groups excluding carboxylic acids is 1. The number of aromatic nitrogens is 1. The molecule has 1 aromatic carbocycles. The molecule has 0 unspecified atom stereocenters. The van der Waals surface area contributed by atoms with E-state index in [1.165, 1.54) is 25.6 Å². The highest BCUT2D eigenvalue weighted by Crippen LogP contribution is 2.24. The highest BCUT2D eigenvalue weighted by Gasteiger charge is 2.11. The third kappa shape index (κ3) is 2.74. The van der Waals surface area contributed by atoms with Crippen LogP contribution in [0.15, 0.2) is 41.5 Å². The first kappa shape index (κ1) is 12.7. The van der Waals surface area contributed by atoms with Gasteiger partial charge in [0.05, 0.1) is 18.5 Å². The number of nitrogen functional groups attached to an aromatic ring is 1. The van der Waals surface area contributed by atoms with E-state index in [1.54, 1.807) is 18.2 Å². The van der Waals surface area contributed by atoms with E-state index in [0.717, 1.165) is 0 Å². The Morgan fingerprint density at radius 3 is 2.79 bits per heavy atom. The van der Waals surface area contributed by atoms with Crippen molar-refractivity contribution >= 4 is 17.3 Å². The van der Waals surface area contributed by atoms with Crippen LogP contribution in [0.1, 0.15) is 10.4 Å². The maximum atomic E-state index is 11.9. The highest BCUT2D eigenvalue weighted by atomic mass is 16.5. The molecule has 6 nitrogen and oxygen atoms in total. The molecule has 0 radical (unpaired) electrons. The molecule has 0 fully saturated rings. The lowest BCUT2D eigenvalue weighted by molar-refractivity contribution is 0.102. The molecule has 1 heterocycles. The van der Waals surface area contributed by atoms with E-state index >= 15 is 0 Å². The predicted octanol–water partition coefficient (Wildman–Crippen LogP) is 1.22. The number of nitrogens with two attached hydrogens (primary N) is 1. The third-order valence-electron chi connectivity index (χ3n) is 2.58. The van der Waals surface area contributed by atoms with Crippen LogP contribution in [0.3, 0.4) is 0 Å². The molecule has 98 valence electrons.